The standard InChI is InChI=1S/C28H29BrCl2N2O3/c1-19(2)16-32-28(35)26(15-20-6-4-3-5-7-20)33(17-21-8-13-24(30)25(31)14-21)27(34)18-36-23-11-9-22(29)10-12-23/h3-14,19,26H,15-18H2,1-2H3,(H,32,35). The molecule has 3 rings (SSSR count). The number of carbonyl (C=O) groups excluding carboxylic acids is 2. The average Bonchev–Trinajstić information content (AvgIpc) is 2.86. The van der Waals surface area contributed by atoms with E-state index >= 15 is 0 Å². The lowest BCUT2D eigenvalue weighted by Gasteiger charge is -2.31. The Morgan fingerprint density at radius 1 is 0.944 bits per heavy atom. The van der Waals surface area contributed by atoms with Gasteiger partial charge in [0, 0.05) is 24.0 Å². The van der Waals surface area contributed by atoms with E-state index < -0.39 is 6.04 Å². The molecule has 0 saturated carbocycles. The third-order valence-corrected chi connectivity index (χ3v) is 6.74. The molecule has 0 saturated heterocycles. The number of rotatable bonds is 11. The lowest BCUT2D eigenvalue weighted by atomic mass is 10.0. The molecule has 0 aliphatic heterocycles. The second-order valence-corrected chi connectivity index (χ2v) is 10.6. The summed E-state index contributed by atoms with van der Waals surface area (Å²) in [4.78, 5) is 28.5. The first-order chi connectivity index (χ1) is 17.2. The molecule has 190 valence electrons. The molecule has 0 aliphatic rings. The molecule has 1 atom stereocenters. The summed E-state index contributed by atoms with van der Waals surface area (Å²) in [6.07, 6.45) is 0.357. The second-order valence-electron chi connectivity index (χ2n) is 8.86. The van der Waals surface area contributed by atoms with E-state index in [4.69, 9.17) is 27.9 Å². The van der Waals surface area contributed by atoms with E-state index in [1.807, 2.05) is 56.3 Å². The maximum absolute atomic E-state index is 13.6. The van der Waals surface area contributed by atoms with Crippen LogP contribution in [-0.2, 0) is 22.6 Å². The van der Waals surface area contributed by atoms with E-state index in [2.05, 4.69) is 21.2 Å². The van der Waals surface area contributed by atoms with Crippen LogP contribution in [0.5, 0.6) is 5.75 Å². The summed E-state index contributed by atoms with van der Waals surface area (Å²) in [5.74, 6) is 0.297. The van der Waals surface area contributed by atoms with Crippen LogP contribution >= 0.6 is 39.1 Å². The van der Waals surface area contributed by atoms with Gasteiger partial charge in [-0.05, 0) is 53.4 Å². The third kappa shape index (κ3) is 8.54. The largest absolute Gasteiger partial charge is 0.484 e. The second kappa shape index (κ2) is 13.7. The Bertz CT molecular complexity index is 1160. The van der Waals surface area contributed by atoms with Gasteiger partial charge in [-0.1, -0.05) is 89.4 Å². The molecular weight excluding hydrogens is 563 g/mol. The van der Waals surface area contributed by atoms with Crippen molar-refractivity contribution in [2.75, 3.05) is 13.2 Å². The Morgan fingerprint density at radius 3 is 2.28 bits per heavy atom. The van der Waals surface area contributed by atoms with Gasteiger partial charge in [0.2, 0.25) is 5.91 Å². The number of benzene rings is 3. The molecule has 2 amide bonds. The van der Waals surface area contributed by atoms with Crippen molar-refractivity contribution in [3.05, 3.63) is 98.4 Å². The highest BCUT2D eigenvalue weighted by Gasteiger charge is 2.31. The Balaban J connectivity index is 1.91. The van der Waals surface area contributed by atoms with Gasteiger partial charge < -0.3 is 15.0 Å². The molecule has 1 unspecified atom stereocenters. The SMILES string of the molecule is CC(C)CNC(=O)C(Cc1ccccc1)N(Cc1ccc(Cl)c(Cl)c1)C(=O)COc1ccc(Br)cc1. The van der Waals surface area contributed by atoms with Crippen LogP contribution in [0.2, 0.25) is 10.0 Å². The summed E-state index contributed by atoms with van der Waals surface area (Å²) >= 11 is 15.7. The van der Waals surface area contributed by atoms with E-state index in [1.165, 1.54) is 0 Å². The normalized spacial score (nSPS) is 11.7. The quantitative estimate of drug-likeness (QED) is 0.275. The molecule has 3 aromatic carbocycles. The van der Waals surface area contributed by atoms with Gasteiger partial charge in [0.15, 0.2) is 6.61 Å². The van der Waals surface area contributed by atoms with Gasteiger partial charge >= 0.3 is 0 Å². The monoisotopic (exact) mass is 590 g/mol. The summed E-state index contributed by atoms with van der Waals surface area (Å²) in [7, 11) is 0. The molecule has 0 fully saturated rings. The van der Waals surface area contributed by atoms with Gasteiger partial charge in [-0.2, -0.15) is 0 Å². The van der Waals surface area contributed by atoms with Gasteiger partial charge in [0.05, 0.1) is 10.0 Å². The van der Waals surface area contributed by atoms with Gasteiger partial charge in [0.1, 0.15) is 11.8 Å². The Kier molecular flexibility index (Phi) is 10.7. The van der Waals surface area contributed by atoms with E-state index in [1.54, 1.807) is 35.2 Å². The first-order valence-corrected chi connectivity index (χ1v) is 13.2. The van der Waals surface area contributed by atoms with Crippen LogP contribution in [0.3, 0.4) is 0 Å². The third-order valence-electron chi connectivity index (χ3n) is 5.47. The van der Waals surface area contributed by atoms with Crippen LogP contribution in [0, 0.1) is 5.92 Å². The van der Waals surface area contributed by atoms with Crippen LogP contribution in [0.15, 0.2) is 77.3 Å². The summed E-state index contributed by atoms with van der Waals surface area (Å²) in [6, 6.07) is 21.3. The lowest BCUT2D eigenvalue weighted by molar-refractivity contribution is -0.142. The highest BCUT2D eigenvalue weighted by atomic mass is 79.9. The molecule has 36 heavy (non-hydrogen) atoms. The van der Waals surface area contributed by atoms with Crippen molar-refractivity contribution in [2.24, 2.45) is 5.92 Å². The van der Waals surface area contributed by atoms with Crippen molar-refractivity contribution in [1.82, 2.24) is 10.2 Å². The molecular formula is C28H29BrCl2N2O3. The number of carbonyl (C=O) groups is 2. The van der Waals surface area contributed by atoms with Crippen molar-refractivity contribution in [3.8, 4) is 5.75 Å². The number of hydrogen-bond acceptors (Lipinski definition) is 3. The van der Waals surface area contributed by atoms with Crippen molar-refractivity contribution in [1.29, 1.82) is 0 Å². The molecule has 0 aromatic heterocycles. The molecule has 3 aromatic rings. The molecule has 1 N–H and O–H groups in total. The number of halogens is 3. The predicted molar refractivity (Wildman–Crippen MR) is 148 cm³/mol. The fourth-order valence-corrected chi connectivity index (χ4v) is 4.16. The summed E-state index contributed by atoms with van der Waals surface area (Å²) in [5, 5.41) is 3.81. The Hall–Kier alpha value is -2.54. The van der Waals surface area contributed by atoms with Crippen molar-refractivity contribution >= 4 is 50.9 Å². The van der Waals surface area contributed by atoms with E-state index in [0.717, 1.165) is 15.6 Å². The van der Waals surface area contributed by atoms with Gasteiger partial charge in [-0.25, -0.2) is 0 Å². The first kappa shape index (κ1) is 28.0. The zero-order valence-corrected chi connectivity index (χ0v) is 23.3. The Labute approximate surface area is 230 Å². The highest BCUT2D eigenvalue weighted by Crippen LogP contribution is 2.24. The van der Waals surface area contributed by atoms with Crippen molar-refractivity contribution in [3.63, 3.8) is 0 Å². The number of nitrogens with one attached hydrogen (secondary N) is 1. The minimum atomic E-state index is -0.748. The highest BCUT2D eigenvalue weighted by molar-refractivity contribution is 9.10. The van der Waals surface area contributed by atoms with Crippen LogP contribution in [-0.4, -0.2) is 35.9 Å². The smallest absolute Gasteiger partial charge is 0.261 e. The molecule has 0 spiro atoms. The van der Waals surface area contributed by atoms with Gasteiger partial charge in [-0.15, -0.1) is 0 Å². The van der Waals surface area contributed by atoms with Crippen molar-refractivity contribution in [2.45, 2.75) is 32.9 Å². The molecule has 0 radical (unpaired) electrons. The zero-order valence-electron chi connectivity index (χ0n) is 20.2. The molecule has 5 nitrogen and oxygen atoms in total. The molecule has 0 heterocycles. The minimum Gasteiger partial charge on any atom is -0.484 e. The van der Waals surface area contributed by atoms with Gasteiger partial charge in [0.25, 0.3) is 5.91 Å². The number of hydrogen-bond donors (Lipinski definition) is 1. The number of nitrogens with zero attached hydrogens (tertiary/aromatic N) is 1. The van der Waals surface area contributed by atoms with Gasteiger partial charge in [-0.3, -0.25) is 9.59 Å². The minimum absolute atomic E-state index is 0.173. The Morgan fingerprint density at radius 2 is 1.64 bits per heavy atom. The summed E-state index contributed by atoms with van der Waals surface area (Å²) < 4.78 is 6.68. The van der Waals surface area contributed by atoms with E-state index in [0.29, 0.717) is 28.8 Å². The predicted octanol–water partition coefficient (Wildman–Crippen LogP) is 6.55. The van der Waals surface area contributed by atoms with E-state index in [9.17, 15) is 9.59 Å². The average molecular weight is 592 g/mol. The lowest BCUT2D eigenvalue weighted by Crippen LogP contribution is -2.52. The van der Waals surface area contributed by atoms with Crippen LogP contribution in [0.1, 0.15) is 25.0 Å². The van der Waals surface area contributed by atoms with Crippen LogP contribution in [0.4, 0.5) is 0 Å². The van der Waals surface area contributed by atoms with Crippen LogP contribution < -0.4 is 10.1 Å². The first-order valence-electron chi connectivity index (χ1n) is 11.7. The maximum Gasteiger partial charge on any atom is 0.261 e. The molecule has 0 bridgehead atoms. The van der Waals surface area contributed by atoms with E-state index in [-0.39, 0.29) is 30.9 Å². The summed E-state index contributed by atoms with van der Waals surface area (Å²) in [5.41, 5.74) is 1.71. The number of amides is 2. The maximum atomic E-state index is 13.6. The zero-order chi connectivity index (χ0) is 26.1. The topological polar surface area (TPSA) is 58.6 Å². The van der Waals surface area contributed by atoms with Crippen LogP contribution in [0.25, 0.3) is 0 Å². The number of ether oxygens (including phenoxy) is 1. The molecule has 0 aliphatic carbocycles. The van der Waals surface area contributed by atoms with Crippen molar-refractivity contribution < 1.29 is 14.3 Å². The molecule has 8 heteroatoms. The summed E-state index contributed by atoms with van der Waals surface area (Å²) in [6.45, 7) is 4.51. The fourth-order valence-electron chi connectivity index (χ4n) is 3.57. The fraction of sp³-hybridized carbons (Fsp3) is 0.286.